The third-order valence-corrected chi connectivity index (χ3v) is 5.26. The van der Waals surface area contributed by atoms with Gasteiger partial charge in [0.15, 0.2) is 11.6 Å². The molecule has 8 nitrogen and oxygen atoms in total. The third-order valence-electron chi connectivity index (χ3n) is 5.26. The minimum absolute atomic E-state index is 0.148. The van der Waals surface area contributed by atoms with Crippen molar-refractivity contribution in [1.29, 1.82) is 0 Å². The minimum Gasteiger partial charge on any atom is -0.444 e. The van der Waals surface area contributed by atoms with Crippen LogP contribution in [0.4, 0.5) is 19.4 Å². The molecule has 0 bridgehead atoms. The van der Waals surface area contributed by atoms with Crippen molar-refractivity contribution in [2.45, 2.75) is 45.8 Å². The molecule has 0 aliphatic carbocycles. The van der Waals surface area contributed by atoms with Crippen molar-refractivity contribution in [1.82, 2.24) is 24.6 Å². The zero-order valence-electron chi connectivity index (χ0n) is 18.8. The fourth-order valence-corrected chi connectivity index (χ4v) is 3.78. The average molecular weight is 454 g/mol. The molecular formula is C23H24F2N6O2. The molecule has 1 aliphatic rings. The van der Waals surface area contributed by atoms with Crippen LogP contribution in [0, 0.1) is 30.4 Å². The maximum atomic E-state index is 14.0. The van der Waals surface area contributed by atoms with E-state index in [9.17, 15) is 13.6 Å². The van der Waals surface area contributed by atoms with Gasteiger partial charge in [0.05, 0.1) is 34.9 Å². The number of halogens is 2. The summed E-state index contributed by atoms with van der Waals surface area (Å²) in [6.07, 6.45) is 3.69. The summed E-state index contributed by atoms with van der Waals surface area (Å²) in [5.41, 5.74) is 6.94. The van der Waals surface area contributed by atoms with Crippen LogP contribution in [0.1, 0.15) is 50.1 Å². The normalized spacial score (nSPS) is 16.1. The molecule has 1 saturated heterocycles. The van der Waals surface area contributed by atoms with Gasteiger partial charge < -0.3 is 15.4 Å². The minimum atomic E-state index is -0.864. The number of aryl methyl sites for hydroxylation is 1. The number of fused-ring (bicyclic) bond motifs is 1. The van der Waals surface area contributed by atoms with Crippen LogP contribution in [0.25, 0.3) is 10.9 Å². The van der Waals surface area contributed by atoms with E-state index in [0.29, 0.717) is 24.9 Å². The van der Waals surface area contributed by atoms with Crippen molar-refractivity contribution >= 4 is 22.8 Å². The van der Waals surface area contributed by atoms with Crippen molar-refractivity contribution in [3.05, 3.63) is 47.0 Å². The van der Waals surface area contributed by atoms with Gasteiger partial charge in [-0.3, -0.25) is 9.67 Å². The van der Waals surface area contributed by atoms with Gasteiger partial charge >= 0.3 is 6.09 Å². The summed E-state index contributed by atoms with van der Waals surface area (Å²) in [7, 11) is 0. The number of hydrogen-bond acceptors (Lipinski definition) is 6. The van der Waals surface area contributed by atoms with Crippen molar-refractivity contribution in [2.75, 3.05) is 18.8 Å². The number of ether oxygens (including phenoxy) is 1. The topological polar surface area (TPSA) is 99.2 Å². The number of likely N-dealkylation sites (tertiary alicyclic amines) is 1. The quantitative estimate of drug-likeness (QED) is 0.565. The third kappa shape index (κ3) is 4.44. The number of carbonyl (C=O) groups excluding carboxylic acids is 1. The highest BCUT2D eigenvalue weighted by Gasteiger charge is 2.32. The summed E-state index contributed by atoms with van der Waals surface area (Å²) in [4.78, 5) is 21.8. The van der Waals surface area contributed by atoms with E-state index in [4.69, 9.17) is 10.5 Å². The van der Waals surface area contributed by atoms with Crippen molar-refractivity contribution in [3.8, 4) is 11.8 Å². The zero-order chi connectivity index (χ0) is 23.9. The number of nitrogens with two attached hydrogens (primary N) is 1. The van der Waals surface area contributed by atoms with E-state index in [1.54, 1.807) is 15.8 Å². The lowest BCUT2D eigenvalue weighted by atomic mass is 10.1. The van der Waals surface area contributed by atoms with E-state index in [0.717, 1.165) is 23.5 Å². The van der Waals surface area contributed by atoms with Crippen molar-refractivity contribution < 1.29 is 18.3 Å². The smallest absolute Gasteiger partial charge is 0.410 e. The summed E-state index contributed by atoms with van der Waals surface area (Å²) in [5.74, 6) is 3.74. The fraction of sp³-hybridized carbons (Fsp3) is 0.391. The largest absolute Gasteiger partial charge is 0.444 e. The molecule has 1 unspecified atom stereocenters. The Bertz CT molecular complexity index is 1280. The van der Waals surface area contributed by atoms with Crippen LogP contribution in [-0.4, -0.2) is 49.4 Å². The first-order valence-corrected chi connectivity index (χ1v) is 10.5. The Morgan fingerprint density at radius 2 is 1.91 bits per heavy atom. The predicted octanol–water partition coefficient (Wildman–Crippen LogP) is 3.58. The van der Waals surface area contributed by atoms with Gasteiger partial charge in [-0.25, -0.2) is 18.6 Å². The second-order valence-corrected chi connectivity index (χ2v) is 8.94. The van der Waals surface area contributed by atoms with Gasteiger partial charge in [-0.2, -0.15) is 5.10 Å². The number of amides is 1. The van der Waals surface area contributed by atoms with E-state index < -0.39 is 22.8 Å². The maximum absolute atomic E-state index is 14.0. The molecule has 0 spiro atoms. The molecule has 4 heterocycles. The van der Waals surface area contributed by atoms with E-state index in [1.165, 1.54) is 0 Å². The number of nitrogens with zero attached hydrogens (tertiary/aromatic N) is 5. The second-order valence-electron chi connectivity index (χ2n) is 8.94. The molecule has 0 radical (unpaired) electrons. The Hall–Kier alpha value is -3.74. The molecule has 172 valence electrons. The van der Waals surface area contributed by atoms with Gasteiger partial charge in [-0.15, -0.1) is 0 Å². The van der Waals surface area contributed by atoms with Gasteiger partial charge in [-0.05, 0) is 45.6 Å². The lowest BCUT2D eigenvalue weighted by Crippen LogP contribution is -2.35. The second kappa shape index (κ2) is 8.31. The number of hydrogen-bond donors (Lipinski definition) is 1. The molecule has 3 aromatic heterocycles. The SMILES string of the molecule is Cc1cnc(N)c2c(C#Cc3c(F)cncc3F)nn(C3CCN(C(=O)OC(C)(C)C)C3)c12. The number of anilines is 1. The number of aromatic nitrogens is 4. The summed E-state index contributed by atoms with van der Waals surface area (Å²) in [5, 5.41) is 5.13. The lowest BCUT2D eigenvalue weighted by molar-refractivity contribution is 0.0288. The first-order chi connectivity index (χ1) is 15.5. The average Bonchev–Trinajstić information content (AvgIpc) is 3.35. The Kier molecular flexibility index (Phi) is 5.66. The van der Waals surface area contributed by atoms with E-state index in [2.05, 4.69) is 26.9 Å². The molecule has 1 aliphatic heterocycles. The standard InChI is InChI=1S/C23H24F2N6O2/c1-13-9-28-21(26)19-18(6-5-15-16(24)10-27-11-17(15)25)29-31(20(13)19)14-7-8-30(12-14)22(32)33-23(2,3)4/h9-11,14H,7-8,12H2,1-4H3,(H2,26,28). The number of rotatable bonds is 1. The maximum Gasteiger partial charge on any atom is 0.410 e. The van der Waals surface area contributed by atoms with E-state index in [-0.39, 0.29) is 23.6 Å². The molecule has 1 amide bonds. The summed E-state index contributed by atoms with van der Waals surface area (Å²) in [6.45, 7) is 8.23. The summed E-state index contributed by atoms with van der Waals surface area (Å²) < 4.78 is 35.2. The molecular weight excluding hydrogens is 430 g/mol. The first-order valence-electron chi connectivity index (χ1n) is 10.5. The zero-order valence-corrected chi connectivity index (χ0v) is 18.8. The molecule has 10 heteroatoms. The fourth-order valence-electron chi connectivity index (χ4n) is 3.78. The van der Waals surface area contributed by atoms with Crippen LogP contribution in [-0.2, 0) is 4.74 Å². The van der Waals surface area contributed by atoms with Gasteiger partial charge in [-0.1, -0.05) is 5.92 Å². The molecule has 1 fully saturated rings. The lowest BCUT2D eigenvalue weighted by Gasteiger charge is -2.24. The highest BCUT2D eigenvalue weighted by molar-refractivity contribution is 5.95. The number of nitrogen functional groups attached to an aromatic ring is 1. The van der Waals surface area contributed by atoms with E-state index in [1.807, 2.05) is 27.7 Å². The number of carbonyl (C=O) groups is 1. The Morgan fingerprint density at radius 1 is 1.21 bits per heavy atom. The first kappa shape index (κ1) is 22.5. The molecule has 1 atom stereocenters. The molecule has 33 heavy (non-hydrogen) atoms. The van der Waals surface area contributed by atoms with Crippen LogP contribution < -0.4 is 5.73 Å². The molecule has 2 N–H and O–H groups in total. The molecule has 3 aromatic rings. The highest BCUT2D eigenvalue weighted by atomic mass is 19.1. The predicted molar refractivity (Wildman–Crippen MR) is 118 cm³/mol. The molecule has 4 rings (SSSR count). The Balaban J connectivity index is 1.74. The Morgan fingerprint density at radius 3 is 2.58 bits per heavy atom. The van der Waals surface area contributed by atoms with Gasteiger partial charge in [0.2, 0.25) is 0 Å². The van der Waals surface area contributed by atoms with Crippen molar-refractivity contribution in [2.24, 2.45) is 0 Å². The molecule has 0 aromatic carbocycles. The number of pyridine rings is 2. The summed E-state index contributed by atoms with van der Waals surface area (Å²) in [6, 6.07) is -0.148. The van der Waals surface area contributed by atoms with Crippen LogP contribution in [0.2, 0.25) is 0 Å². The van der Waals surface area contributed by atoms with E-state index >= 15 is 0 Å². The van der Waals surface area contributed by atoms with Crippen molar-refractivity contribution in [3.63, 3.8) is 0 Å². The van der Waals surface area contributed by atoms with Gasteiger partial charge in [0.1, 0.15) is 17.1 Å². The van der Waals surface area contributed by atoms with Gasteiger partial charge in [0, 0.05) is 19.3 Å². The summed E-state index contributed by atoms with van der Waals surface area (Å²) >= 11 is 0. The van der Waals surface area contributed by atoms with Crippen LogP contribution in [0.3, 0.4) is 0 Å². The van der Waals surface area contributed by atoms with Crippen LogP contribution >= 0.6 is 0 Å². The van der Waals surface area contributed by atoms with Crippen LogP contribution in [0.5, 0.6) is 0 Å². The van der Waals surface area contributed by atoms with Crippen LogP contribution in [0.15, 0.2) is 18.6 Å². The Labute approximate surface area is 189 Å². The highest BCUT2D eigenvalue weighted by Crippen LogP contribution is 2.32. The monoisotopic (exact) mass is 454 g/mol. The van der Waals surface area contributed by atoms with Gasteiger partial charge in [0.25, 0.3) is 0 Å². The molecule has 0 saturated carbocycles.